The lowest BCUT2D eigenvalue weighted by Gasteiger charge is -2.14. The molecule has 1 N–H and O–H groups in total. The number of halogens is 2. The normalized spacial score (nSPS) is 13.7. The minimum absolute atomic E-state index is 0.106. The largest absolute Gasteiger partial charge is 0.449 e. The van der Waals surface area contributed by atoms with E-state index in [4.69, 9.17) is 4.74 Å². The summed E-state index contributed by atoms with van der Waals surface area (Å²) in [6.07, 6.45) is 0.206. The Morgan fingerprint density at radius 2 is 1.93 bits per heavy atom. The van der Waals surface area contributed by atoms with E-state index in [0.717, 1.165) is 18.6 Å². The molecule has 0 radical (unpaired) electrons. The summed E-state index contributed by atoms with van der Waals surface area (Å²) >= 11 is 0. The van der Waals surface area contributed by atoms with Crippen LogP contribution in [0.5, 0.6) is 0 Å². The number of carbonyl (C=O) groups excluding carboxylic acids is 2. The number of benzene rings is 2. The number of anilines is 1. The number of nitrogens with zero attached hydrogens (tertiary/aromatic N) is 2. The van der Waals surface area contributed by atoms with E-state index in [1.807, 2.05) is 0 Å². The van der Waals surface area contributed by atoms with E-state index in [1.54, 1.807) is 4.57 Å². The van der Waals surface area contributed by atoms with Crippen LogP contribution in [-0.2, 0) is 22.5 Å². The van der Waals surface area contributed by atoms with Crippen molar-refractivity contribution in [2.24, 2.45) is 0 Å². The Bertz CT molecular complexity index is 1220. The van der Waals surface area contributed by atoms with Crippen LogP contribution in [0.25, 0.3) is 10.9 Å². The van der Waals surface area contributed by atoms with Crippen LogP contribution in [-0.4, -0.2) is 27.5 Å². The minimum atomic E-state index is -1.31. The topological polar surface area (TPSA) is 90.3 Å². The van der Waals surface area contributed by atoms with Crippen molar-refractivity contribution in [2.45, 2.75) is 32.4 Å². The molecule has 0 fully saturated rings. The monoisotopic (exact) mass is 413 g/mol. The van der Waals surface area contributed by atoms with E-state index in [9.17, 15) is 23.2 Å². The lowest BCUT2D eigenvalue weighted by Crippen LogP contribution is -2.30. The Morgan fingerprint density at radius 1 is 1.20 bits per heavy atom. The second-order valence-electron chi connectivity index (χ2n) is 6.95. The van der Waals surface area contributed by atoms with Gasteiger partial charge in [-0.1, -0.05) is 6.07 Å². The van der Waals surface area contributed by atoms with Crippen molar-refractivity contribution >= 4 is 28.5 Å². The van der Waals surface area contributed by atoms with Crippen LogP contribution in [0, 0.1) is 11.6 Å². The zero-order chi connectivity index (χ0) is 21.4. The van der Waals surface area contributed by atoms with Gasteiger partial charge in [-0.25, -0.2) is 18.6 Å². The first-order valence-corrected chi connectivity index (χ1v) is 9.34. The van der Waals surface area contributed by atoms with Gasteiger partial charge in [0.1, 0.15) is 23.1 Å². The number of esters is 1. The van der Waals surface area contributed by atoms with E-state index in [2.05, 4.69) is 10.3 Å². The molecule has 0 aliphatic carbocycles. The number of nitrogens with one attached hydrogen (secondary N) is 1. The third-order valence-electron chi connectivity index (χ3n) is 4.92. The molecule has 30 heavy (non-hydrogen) atoms. The Kier molecular flexibility index (Phi) is 5.03. The van der Waals surface area contributed by atoms with Crippen molar-refractivity contribution in [3.8, 4) is 0 Å². The fourth-order valence-corrected chi connectivity index (χ4v) is 3.33. The molecular formula is C21H17F2N3O4. The van der Waals surface area contributed by atoms with Crippen LogP contribution in [0.2, 0.25) is 0 Å². The van der Waals surface area contributed by atoms with Gasteiger partial charge in [0.2, 0.25) is 0 Å². The average Bonchev–Trinajstić information content (AvgIpc) is 3.19. The highest BCUT2D eigenvalue weighted by molar-refractivity contribution is 5.98. The maximum absolute atomic E-state index is 13.7. The number of hydrogen-bond donors (Lipinski definition) is 1. The summed E-state index contributed by atoms with van der Waals surface area (Å²) < 4.78 is 34.1. The van der Waals surface area contributed by atoms with Gasteiger partial charge < -0.3 is 10.1 Å². The van der Waals surface area contributed by atoms with Gasteiger partial charge in [-0.05, 0) is 43.7 Å². The molecule has 0 saturated carbocycles. The SMILES string of the molecule is C[C@H](OC(=O)c1ccc2c(=O)n3c(nc2c1)CCC3)C(=O)Nc1c(F)cccc1F. The zero-order valence-corrected chi connectivity index (χ0v) is 15.9. The number of aryl methyl sites for hydroxylation is 1. The van der Waals surface area contributed by atoms with Gasteiger partial charge in [0, 0.05) is 13.0 Å². The number of rotatable bonds is 4. The van der Waals surface area contributed by atoms with Crippen molar-refractivity contribution in [1.82, 2.24) is 9.55 Å². The molecule has 0 spiro atoms. The highest BCUT2D eigenvalue weighted by atomic mass is 19.1. The number of hydrogen-bond acceptors (Lipinski definition) is 5. The molecule has 0 bridgehead atoms. The smallest absolute Gasteiger partial charge is 0.338 e. The van der Waals surface area contributed by atoms with Gasteiger partial charge in [0.05, 0.1) is 16.5 Å². The highest BCUT2D eigenvalue weighted by Crippen LogP contribution is 2.19. The molecule has 4 rings (SSSR count). The summed E-state index contributed by atoms with van der Waals surface area (Å²) in [5.74, 6) is -2.93. The third kappa shape index (κ3) is 3.54. The molecule has 1 atom stereocenters. The quantitative estimate of drug-likeness (QED) is 0.665. The van der Waals surface area contributed by atoms with E-state index in [-0.39, 0.29) is 11.1 Å². The third-order valence-corrected chi connectivity index (χ3v) is 4.92. The average molecular weight is 413 g/mol. The Hall–Kier alpha value is -3.62. The lowest BCUT2D eigenvalue weighted by molar-refractivity contribution is -0.123. The predicted molar refractivity (Wildman–Crippen MR) is 104 cm³/mol. The van der Waals surface area contributed by atoms with Crippen molar-refractivity contribution in [2.75, 3.05) is 5.32 Å². The summed E-state index contributed by atoms with van der Waals surface area (Å²) in [4.78, 5) is 41.6. The van der Waals surface area contributed by atoms with E-state index in [0.29, 0.717) is 29.7 Å². The molecule has 2 aromatic carbocycles. The van der Waals surface area contributed by atoms with Gasteiger partial charge in [-0.15, -0.1) is 0 Å². The molecule has 2 heterocycles. The number of carbonyl (C=O) groups is 2. The summed E-state index contributed by atoms with van der Waals surface area (Å²) in [7, 11) is 0. The van der Waals surface area contributed by atoms with Crippen LogP contribution in [0.15, 0.2) is 41.2 Å². The molecule has 0 unspecified atom stereocenters. The maximum atomic E-state index is 13.7. The van der Waals surface area contributed by atoms with Crippen LogP contribution in [0.4, 0.5) is 14.5 Å². The molecule has 9 heteroatoms. The van der Waals surface area contributed by atoms with Gasteiger partial charge in [-0.2, -0.15) is 0 Å². The molecule has 154 valence electrons. The number of para-hydroxylation sites is 1. The minimum Gasteiger partial charge on any atom is -0.449 e. The molecule has 7 nitrogen and oxygen atoms in total. The van der Waals surface area contributed by atoms with E-state index in [1.165, 1.54) is 31.2 Å². The summed E-state index contributed by atoms with van der Waals surface area (Å²) in [5, 5.41) is 2.46. The zero-order valence-electron chi connectivity index (χ0n) is 15.9. The molecule has 3 aromatic rings. The Balaban J connectivity index is 1.52. The number of ether oxygens (including phenoxy) is 1. The van der Waals surface area contributed by atoms with Gasteiger partial charge in [0.15, 0.2) is 6.10 Å². The highest BCUT2D eigenvalue weighted by Gasteiger charge is 2.23. The van der Waals surface area contributed by atoms with Crippen molar-refractivity contribution < 1.29 is 23.1 Å². The second kappa shape index (κ2) is 7.66. The fraction of sp³-hybridized carbons (Fsp3) is 0.238. The van der Waals surface area contributed by atoms with Crippen molar-refractivity contribution in [3.05, 3.63) is 69.8 Å². The molecule has 1 aliphatic heterocycles. The molecule has 0 saturated heterocycles. The standard InChI is InChI=1S/C21H17F2N3O4/c1-11(19(27)25-18-14(22)4-2-5-15(18)23)30-21(29)12-7-8-13-16(10-12)24-17-6-3-9-26(17)20(13)28/h2,4-5,7-8,10-11H,3,6,9H2,1H3,(H,25,27)/t11-/m0/s1. The first kappa shape index (κ1) is 19.7. The van der Waals surface area contributed by atoms with Gasteiger partial charge in [-0.3, -0.25) is 14.2 Å². The van der Waals surface area contributed by atoms with E-state index >= 15 is 0 Å². The predicted octanol–water partition coefficient (Wildman–Crippen LogP) is 2.80. The molecule has 1 aromatic heterocycles. The summed E-state index contributed by atoms with van der Waals surface area (Å²) in [5.41, 5.74) is -0.302. The number of amides is 1. The number of aromatic nitrogens is 2. The lowest BCUT2D eigenvalue weighted by atomic mass is 10.1. The number of fused-ring (bicyclic) bond motifs is 2. The van der Waals surface area contributed by atoms with Gasteiger partial charge >= 0.3 is 5.97 Å². The van der Waals surface area contributed by atoms with Crippen molar-refractivity contribution in [1.29, 1.82) is 0 Å². The maximum Gasteiger partial charge on any atom is 0.338 e. The van der Waals surface area contributed by atoms with Crippen molar-refractivity contribution in [3.63, 3.8) is 0 Å². The van der Waals surface area contributed by atoms with Crippen LogP contribution >= 0.6 is 0 Å². The fourth-order valence-electron chi connectivity index (χ4n) is 3.33. The van der Waals surface area contributed by atoms with Crippen LogP contribution in [0.3, 0.4) is 0 Å². The first-order valence-electron chi connectivity index (χ1n) is 9.34. The van der Waals surface area contributed by atoms with Crippen LogP contribution in [0.1, 0.15) is 29.5 Å². The first-order chi connectivity index (χ1) is 14.3. The van der Waals surface area contributed by atoms with Crippen LogP contribution < -0.4 is 10.9 Å². The summed E-state index contributed by atoms with van der Waals surface area (Å²) in [6, 6.07) is 7.49. The van der Waals surface area contributed by atoms with E-state index < -0.39 is 35.3 Å². The molecular weight excluding hydrogens is 396 g/mol. The molecule has 1 amide bonds. The summed E-state index contributed by atoms with van der Waals surface area (Å²) in [6.45, 7) is 1.90. The Morgan fingerprint density at radius 3 is 2.67 bits per heavy atom. The molecule has 1 aliphatic rings. The second-order valence-corrected chi connectivity index (χ2v) is 6.95. The Labute approximate surface area is 169 Å². The van der Waals surface area contributed by atoms with Gasteiger partial charge in [0.25, 0.3) is 11.5 Å².